The monoisotopic (exact) mass is 453 g/mol. The molecule has 0 aliphatic carbocycles. The predicted molar refractivity (Wildman–Crippen MR) is 115 cm³/mol. The second kappa shape index (κ2) is 11.8. The molecule has 2 aliphatic rings. The zero-order valence-electron chi connectivity index (χ0n) is 18.8. The highest BCUT2D eigenvalue weighted by atomic mass is 16.4. The quantitative estimate of drug-likeness (QED) is 0.270. The molecule has 6 N–H and O–H groups in total. The number of nitrogens with one attached hydrogen (secondary N) is 3. The van der Waals surface area contributed by atoms with Crippen molar-refractivity contribution in [2.24, 2.45) is 11.7 Å². The van der Waals surface area contributed by atoms with Gasteiger partial charge >= 0.3 is 5.97 Å². The van der Waals surface area contributed by atoms with Crippen molar-refractivity contribution in [1.82, 2.24) is 20.9 Å². The molecule has 4 atom stereocenters. The van der Waals surface area contributed by atoms with E-state index in [4.69, 9.17) is 10.8 Å². The van der Waals surface area contributed by atoms with Crippen LogP contribution >= 0.6 is 0 Å². The molecule has 0 radical (unpaired) electrons. The number of rotatable bonds is 11. The molecule has 2 aliphatic heterocycles. The lowest BCUT2D eigenvalue weighted by Gasteiger charge is -2.29. The van der Waals surface area contributed by atoms with Gasteiger partial charge in [0.2, 0.25) is 23.6 Å². The molecule has 0 aromatic carbocycles. The molecule has 4 amide bonds. The van der Waals surface area contributed by atoms with Gasteiger partial charge in [-0.05, 0) is 51.0 Å². The first-order valence-corrected chi connectivity index (χ1v) is 11.3. The number of carboxylic acids is 1. The maximum atomic E-state index is 13.0. The van der Waals surface area contributed by atoms with Gasteiger partial charge in [-0.2, -0.15) is 0 Å². The molecule has 2 fully saturated rings. The molecule has 0 saturated carbocycles. The van der Waals surface area contributed by atoms with Crippen LogP contribution in [0.1, 0.15) is 58.8 Å². The van der Waals surface area contributed by atoms with Crippen LogP contribution in [-0.4, -0.2) is 76.9 Å². The highest BCUT2D eigenvalue weighted by Gasteiger charge is 2.39. The number of carboxylic acid groups (broad SMARTS) is 1. The SMILES string of the molecule is CC(C)C[C@@H](NC(=O)[C@@H]1CCCN1C(=O)[C@@H]1CCCN1)C(=O)N[C@@H](CCC(=O)O)C(N)=O. The molecular weight excluding hydrogens is 418 g/mol. The summed E-state index contributed by atoms with van der Waals surface area (Å²) in [5.74, 6) is -3.00. The Morgan fingerprint density at radius 3 is 2.38 bits per heavy atom. The van der Waals surface area contributed by atoms with E-state index < -0.39 is 41.8 Å². The molecular formula is C21H35N5O6. The molecule has 2 rings (SSSR count). The summed E-state index contributed by atoms with van der Waals surface area (Å²) in [6, 6.07) is -3.01. The third-order valence-corrected chi connectivity index (χ3v) is 5.84. The van der Waals surface area contributed by atoms with Crippen LogP contribution < -0.4 is 21.7 Å². The first-order valence-electron chi connectivity index (χ1n) is 11.3. The number of hydrogen-bond acceptors (Lipinski definition) is 6. The van der Waals surface area contributed by atoms with E-state index in [1.165, 1.54) is 0 Å². The summed E-state index contributed by atoms with van der Waals surface area (Å²) >= 11 is 0. The lowest BCUT2D eigenvalue weighted by molar-refractivity contribution is -0.141. The second-order valence-corrected chi connectivity index (χ2v) is 8.93. The lowest BCUT2D eigenvalue weighted by Crippen LogP contribution is -2.57. The maximum Gasteiger partial charge on any atom is 0.303 e. The fraction of sp³-hybridized carbons (Fsp3) is 0.762. The number of carbonyl (C=O) groups excluding carboxylic acids is 4. The van der Waals surface area contributed by atoms with Gasteiger partial charge in [0, 0.05) is 13.0 Å². The smallest absolute Gasteiger partial charge is 0.303 e. The Morgan fingerprint density at radius 1 is 1.09 bits per heavy atom. The summed E-state index contributed by atoms with van der Waals surface area (Å²) in [6.45, 7) is 5.05. The molecule has 32 heavy (non-hydrogen) atoms. The summed E-state index contributed by atoms with van der Waals surface area (Å²) in [7, 11) is 0. The molecule has 0 unspecified atom stereocenters. The average Bonchev–Trinajstić information content (AvgIpc) is 3.41. The number of nitrogens with two attached hydrogens (primary N) is 1. The van der Waals surface area contributed by atoms with Gasteiger partial charge in [-0.25, -0.2) is 0 Å². The second-order valence-electron chi connectivity index (χ2n) is 8.93. The van der Waals surface area contributed by atoms with Crippen LogP contribution in [-0.2, 0) is 24.0 Å². The van der Waals surface area contributed by atoms with E-state index >= 15 is 0 Å². The third kappa shape index (κ3) is 7.18. The Kier molecular flexibility index (Phi) is 9.42. The van der Waals surface area contributed by atoms with Crippen molar-refractivity contribution < 1.29 is 29.1 Å². The van der Waals surface area contributed by atoms with Crippen molar-refractivity contribution in [2.75, 3.05) is 13.1 Å². The fourth-order valence-corrected chi connectivity index (χ4v) is 4.20. The van der Waals surface area contributed by atoms with Gasteiger partial charge in [-0.15, -0.1) is 0 Å². The van der Waals surface area contributed by atoms with E-state index in [2.05, 4.69) is 16.0 Å². The number of amides is 4. The standard InChI is InChI=1S/C21H35N5O6/c1-12(2)11-15(19(30)24-13(18(22)29)7-8-17(27)28)25-20(31)16-6-4-10-26(16)21(32)14-5-3-9-23-14/h12-16,23H,3-11H2,1-2H3,(H2,22,29)(H,24,30)(H,25,31)(H,27,28)/t13-,14-,15+,16-/m0/s1. The summed E-state index contributed by atoms with van der Waals surface area (Å²) in [5.41, 5.74) is 5.30. The van der Waals surface area contributed by atoms with E-state index in [1.807, 2.05) is 13.8 Å². The van der Waals surface area contributed by atoms with E-state index in [0.717, 1.165) is 19.4 Å². The predicted octanol–water partition coefficient (Wildman–Crippen LogP) is -0.905. The van der Waals surface area contributed by atoms with Crippen LogP contribution in [0.15, 0.2) is 0 Å². The summed E-state index contributed by atoms with van der Waals surface area (Å²) < 4.78 is 0. The molecule has 0 bridgehead atoms. The Balaban J connectivity index is 2.05. The zero-order chi connectivity index (χ0) is 23.8. The molecule has 0 aromatic rings. The normalized spacial score (nSPS) is 22.4. The van der Waals surface area contributed by atoms with Crippen molar-refractivity contribution in [1.29, 1.82) is 0 Å². The number of nitrogens with zero attached hydrogens (tertiary/aromatic N) is 1. The van der Waals surface area contributed by atoms with E-state index in [-0.39, 0.29) is 30.7 Å². The van der Waals surface area contributed by atoms with Crippen LogP contribution in [0.3, 0.4) is 0 Å². The minimum absolute atomic E-state index is 0.0566. The van der Waals surface area contributed by atoms with E-state index in [0.29, 0.717) is 25.8 Å². The van der Waals surface area contributed by atoms with Crippen LogP contribution in [0.2, 0.25) is 0 Å². The number of carbonyl (C=O) groups is 5. The lowest BCUT2D eigenvalue weighted by atomic mass is 10.0. The molecule has 2 saturated heterocycles. The molecule has 11 heteroatoms. The molecule has 2 heterocycles. The largest absolute Gasteiger partial charge is 0.481 e. The summed E-state index contributed by atoms with van der Waals surface area (Å²) in [4.78, 5) is 62.7. The van der Waals surface area contributed by atoms with E-state index in [9.17, 15) is 24.0 Å². The Hall–Kier alpha value is -2.69. The van der Waals surface area contributed by atoms with Gasteiger partial charge in [0.1, 0.15) is 18.1 Å². The number of primary amides is 1. The number of likely N-dealkylation sites (tertiary alicyclic amines) is 1. The minimum atomic E-state index is -1.15. The Labute approximate surface area is 187 Å². The topological polar surface area (TPSA) is 171 Å². The Bertz CT molecular complexity index is 721. The van der Waals surface area contributed by atoms with Crippen LogP contribution in [0.25, 0.3) is 0 Å². The first kappa shape index (κ1) is 25.6. The summed E-state index contributed by atoms with van der Waals surface area (Å²) in [6.07, 6.45) is 2.72. The van der Waals surface area contributed by atoms with Crippen molar-refractivity contribution >= 4 is 29.6 Å². The average molecular weight is 454 g/mol. The Morgan fingerprint density at radius 2 is 1.81 bits per heavy atom. The van der Waals surface area contributed by atoms with Crippen LogP contribution in [0.4, 0.5) is 0 Å². The highest BCUT2D eigenvalue weighted by molar-refractivity contribution is 5.95. The maximum absolute atomic E-state index is 13.0. The van der Waals surface area contributed by atoms with Gasteiger partial charge in [0.25, 0.3) is 0 Å². The third-order valence-electron chi connectivity index (χ3n) is 5.84. The highest BCUT2D eigenvalue weighted by Crippen LogP contribution is 2.21. The zero-order valence-corrected chi connectivity index (χ0v) is 18.8. The molecule has 0 aromatic heterocycles. The molecule has 0 spiro atoms. The minimum Gasteiger partial charge on any atom is -0.481 e. The van der Waals surface area contributed by atoms with Gasteiger partial charge in [0.15, 0.2) is 0 Å². The molecule has 180 valence electrons. The molecule has 11 nitrogen and oxygen atoms in total. The first-order chi connectivity index (χ1) is 15.1. The van der Waals surface area contributed by atoms with E-state index in [1.54, 1.807) is 4.90 Å². The van der Waals surface area contributed by atoms with Gasteiger partial charge in [0.05, 0.1) is 6.04 Å². The fourth-order valence-electron chi connectivity index (χ4n) is 4.20. The number of aliphatic carboxylic acids is 1. The van der Waals surface area contributed by atoms with Crippen LogP contribution in [0, 0.1) is 5.92 Å². The van der Waals surface area contributed by atoms with Crippen molar-refractivity contribution in [3.8, 4) is 0 Å². The summed E-state index contributed by atoms with van der Waals surface area (Å²) in [5, 5.41) is 17.2. The van der Waals surface area contributed by atoms with Gasteiger partial charge in [-0.1, -0.05) is 13.8 Å². The van der Waals surface area contributed by atoms with Gasteiger partial charge in [-0.3, -0.25) is 24.0 Å². The number of hydrogen-bond donors (Lipinski definition) is 5. The van der Waals surface area contributed by atoms with Crippen molar-refractivity contribution in [3.63, 3.8) is 0 Å². The van der Waals surface area contributed by atoms with Crippen molar-refractivity contribution in [2.45, 2.75) is 83.0 Å². The van der Waals surface area contributed by atoms with Crippen molar-refractivity contribution in [3.05, 3.63) is 0 Å². The van der Waals surface area contributed by atoms with Gasteiger partial charge < -0.3 is 31.7 Å². The van der Waals surface area contributed by atoms with Crippen LogP contribution in [0.5, 0.6) is 0 Å².